The fourth-order valence-electron chi connectivity index (χ4n) is 8.81. The van der Waals surface area contributed by atoms with Gasteiger partial charge >= 0.3 is 0 Å². The van der Waals surface area contributed by atoms with Crippen molar-refractivity contribution in [1.29, 1.82) is 0 Å². The minimum atomic E-state index is 0.604. The van der Waals surface area contributed by atoms with Gasteiger partial charge in [0, 0.05) is 47.6 Å². The molecular weight excluding hydrogens is 773 g/mol. The van der Waals surface area contributed by atoms with E-state index in [1.54, 1.807) is 0 Å². The number of para-hydroxylation sites is 2. The van der Waals surface area contributed by atoms with E-state index in [1.165, 1.54) is 36.5 Å². The molecule has 62 heavy (non-hydrogen) atoms. The van der Waals surface area contributed by atoms with Gasteiger partial charge in [-0.25, -0.2) is 15.0 Å². The molecule has 0 saturated carbocycles. The Morgan fingerprint density at radius 1 is 0.290 bits per heavy atom. The summed E-state index contributed by atoms with van der Waals surface area (Å²) in [7, 11) is 0. The molecule has 0 N–H and O–H groups in total. The van der Waals surface area contributed by atoms with Crippen LogP contribution in [-0.4, -0.2) is 19.5 Å². The highest BCUT2D eigenvalue weighted by atomic mass is 32.1. The van der Waals surface area contributed by atoms with E-state index in [4.69, 9.17) is 15.0 Å². The molecule has 0 saturated heterocycles. The molecule has 3 aromatic heterocycles. The summed E-state index contributed by atoms with van der Waals surface area (Å²) in [6.45, 7) is 0. The van der Waals surface area contributed by atoms with Crippen molar-refractivity contribution in [2.45, 2.75) is 0 Å². The Morgan fingerprint density at radius 3 is 1.34 bits per heavy atom. The summed E-state index contributed by atoms with van der Waals surface area (Å²) in [5.41, 5.74) is 12.9. The van der Waals surface area contributed by atoms with E-state index in [9.17, 15) is 0 Å². The first-order chi connectivity index (χ1) is 30.7. The SMILES string of the molecule is c1ccc(-c2ccc(-c3nc(-c4ccc(-c5ccc6sc7ccccc7c6c5)cc4)nc(-c4ccc(-c5ccccc5)cc4-n4c5ccccc5c5ccccc54)n3)cc2)cc1. The summed E-state index contributed by atoms with van der Waals surface area (Å²) in [6, 6.07) is 77.5. The van der Waals surface area contributed by atoms with Crippen molar-refractivity contribution in [3.05, 3.63) is 218 Å². The summed E-state index contributed by atoms with van der Waals surface area (Å²) >= 11 is 1.84. The molecule has 0 bridgehead atoms. The Bertz CT molecular complexity index is 3550. The Hall–Kier alpha value is -7.99. The molecule has 0 aliphatic rings. The molecule has 3 heterocycles. The molecule has 290 valence electrons. The third-order valence-corrected chi connectivity index (χ3v) is 13.1. The molecule has 12 aromatic rings. The maximum absolute atomic E-state index is 5.33. The number of hydrogen-bond acceptors (Lipinski definition) is 4. The molecule has 0 amide bonds. The van der Waals surface area contributed by atoms with Crippen LogP contribution in [0.5, 0.6) is 0 Å². The smallest absolute Gasteiger partial charge is 0.166 e. The van der Waals surface area contributed by atoms with Crippen LogP contribution in [-0.2, 0) is 0 Å². The van der Waals surface area contributed by atoms with Gasteiger partial charge in [0.1, 0.15) is 0 Å². The van der Waals surface area contributed by atoms with Gasteiger partial charge in [0.2, 0.25) is 0 Å². The van der Waals surface area contributed by atoms with Gasteiger partial charge in [0.05, 0.1) is 16.7 Å². The van der Waals surface area contributed by atoms with Gasteiger partial charge in [-0.2, -0.15) is 0 Å². The van der Waals surface area contributed by atoms with Crippen molar-refractivity contribution in [2.24, 2.45) is 0 Å². The second kappa shape index (κ2) is 14.9. The Balaban J connectivity index is 1.04. The fraction of sp³-hybridized carbons (Fsp3) is 0. The minimum absolute atomic E-state index is 0.604. The number of thiophene rings is 1. The van der Waals surface area contributed by atoms with Crippen LogP contribution in [0.3, 0.4) is 0 Å². The van der Waals surface area contributed by atoms with E-state index in [2.05, 4.69) is 217 Å². The second-order valence-corrected chi connectivity index (χ2v) is 16.7. The standard InChI is InChI=1S/C57H36N4S/c1-3-13-37(14-4-1)39-23-27-41(28-24-39)55-58-56(42-29-25-40(26-30-42)43-32-34-54-49(35-43)47-19-9-12-22-53(47)62-54)60-57(59-55)48-33-31-44(38-15-5-2-6-16-38)36-52(48)61-50-20-10-7-17-45(50)46-18-8-11-21-51(46)61/h1-36H. The zero-order valence-corrected chi connectivity index (χ0v) is 34.3. The number of nitrogens with zero attached hydrogens (tertiary/aromatic N) is 4. The van der Waals surface area contributed by atoms with Crippen LogP contribution in [0.1, 0.15) is 0 Å². The monoisotopic (exact) mass is 808 g/mol. The molecular formula is C57H36N4S. The van der Waals surface area contributed by atoms with Gasteiger partial charge in [0.15, 0.2) is 17.5 Å². The van der Waals surface area contributed by atoms with Crippen LogP contribution < -0.4 is 0 Å². The first kappa shape index (κ1) is 35.9. The van der Waals surface area contributed by atoms with Gasteiger partial charge < -0.3 is 4.57 Å². The maximum Gasteiger partial charge on any atom is 0.166 e. The molecule has 0 aliphatic carbocycles. The lowest BCUT2D eigenvalue weighted by atomic mass is 10.0. The molecule has 12 rings (SSSR count). The number of rotatable bonds is 7. The fourth-order valence-corrected chi connectivity index (χ4v) is 9.90. The van der Waals surface area contributed by atoms with Crippen molar-refractivity contribution < 1.29 is 0 Å². The quantitative estimate of drug-likeness (QED) is 0.161. The summed E-state index contributed by atoms with van der Waals surface area (Å²) in [5.74, 6) is 1.83. The summed E-state index contributed by atoms with van der Waals surface area (Å²) in [5, 5.41) is 4.97. The average Bonchev–Trinajstić information content (AvgIpc) is 3.90. The predicted octanol–water partition coefficient (Wildman–Crippen LogP) is 15.3. The molecule has 0 aliphatic heterocycles. The largest absolute Gasteiger partial charge is 0.308 e. The zero-order valence-electron chi connectivity index (χ0n) is 33.5. The lowest BCUT2D eigenvalue weighted by Gasteiger charge is -2.16. The van der Waals surface area contributed by atoms with Crippen LogP contribution in [0.2, 0.25) is 0 Å². The highest BCUT2D eigenvalue weighted by Crippen LogP contribution is 2.40. The highest BCUT2D eigenvalue weighted by molar-refractivity contribution is 7.25. The predicted molar refractivity (Wildman–Crippen MR) is 260 cm³/mol. The first-order valence-electron chi connectivity index (χ1n) is 20.8. The van der Waals surface area contributed by atoms with Crippen molar-refractivity contribution in [3.8, 4) is 73.2 Å². The molecule has 0 fully saturated rings. The van der Waals surface area contributed by atoms with Crippen molar-refractivity contribution in [1.82, 2.24) is 19.5 Å². The minimum Gasteiger partial charge on any atom is -0.308 e. The Labute approximate surface area is 362 Å². The van der Waals surface area contributed by atoms with Crippen LogP contribution in [0.4, 0.5) is 0 Å². The van der Waals surface area contributed by atoms with Crippen LogP contribution in [0.25, 0.3) is 115 Å². The van der Waals surface area contributed by atoms with Crippen molar-refractivity contribution >= 4 is 53.3 Å². The third kappa shape index (κ3) is 6.26. The van der Waals surface area contributed by atoms with E-state index in [0.717, 1.165) is 61.2 Å². The average molecular weight is 809 g/mol. The van der Waals surface area contributed by atoms with E-state index in [1.807, 2.05) is 17.4 Å². The van der Waals surface area contributed by atoms with E-state index in [0.29, 0.717) is 17.5 Å². The molecule has 0 atom stereocenters. The number of aromatic nitrogens is 4. The Kier molecular flexibility index (Phi) is 8.65. The van der Waals surface area contributed by atoms with Gasteiger partial charge in [-0.1, -0.05) is 176 Å². The van der Waals surface area contributed by atoms with Crippen LogP contribution in [0.15, 0.2) is 218 Å². The normalized spacial score (nSPS) is 11.5. The summed E-state index contributed by atoms with van der Waals surface area (Å²) in [4.78, 5) is 15.9. The van der Waals surface area contributed by atoms with Crippen LogP contribution >= 0.6 is 11.3 Å². The second-order valence-electron chi connectivity index (χ2n) is 15.6. The van der Waals surface area contributed by atoms with Crippen molar-refractivity contribution in [2.75, 3.05) is 0 Å². The van der Waals surface area contributed by atoms with E-state index < -0.39 is 0 Å². The molecule has 9 aromatic carbocycles. The van der Waals surface area contributed by atoms with Crippen LogP contribution in [0, 0.1) is 0 Å². The van der Waals surface area contributed by atoms with Gasteiger partial charge in [-0.15, -0.1) is 11.3 Å². The molecule has 0 radical (unpaired) electrons. The number of hydrogen-bond donors (Lipinski definition) is 0. The van der Waals surface area contributed by atoms with Gasteiger partial charge in [-0.05, 0) is 75.8 Å². The first-order valence-corrected chi connectivity index (χ1v) is 21.7. The Morgan fingerprint density at radius 2 is 0.710 bits per heavy atom. The number of benzene rings is 9. The van der Waals surface area contributed by atoms with Gasteiger partial charge in [0.25, 0.3) is 0 Å². The lowest BCUT2D eigenvalue weighted by Crippen LogP contribution is -2.04. The molecule has 4 nitrogen and oxygen atoms in total. The topological polar surface area (TPSA) is 43.6 Å². The molecule has 5 heteroatoms. The third-order valence-electron chi connectivity index (χ3n) is 11.9. The highest BCUT2D eigenvalue weighted by Gasteiger charge is 2.20. The van der Waals surface area contributed by atoms with E-state index in [-0.39, 0.29) is 0 Å². The van der Waals surface area contributed by atoms with Gasteiger partial charge in [-0.3, -0.25) is 0 Å². The summed E-state index contributed by atoms with van der Waals surface area (Å²) < 4.78 is 4.97. The molecule has 0 unspecified atom stereocenters. The molecule has 0 spiro atoms. The van der Waals surface area contributed by atoms with E-state index >= 15 is 0 Å². The summed E-state index contributed by atoms with van der Waals surface area (Å²) in [6.07, 6.45) is 0. The number of fused-ring (bicyclic) bond motifs is 6. The zero-order chi connectivity index (χ0) is 41.0. The maximum atomic E-state index is 5.33. The van der Waals surface area contributed by atoms with Crippen molar-refractivity contribution in [3.63, 3.8) is 0 Å². The lowest BCUT2D eigenvalue weighted by molar-refractivity contribution is 1.06.